The van der Waals surface area contributed by atoms with E-state index in [2.05, 4.69) is 14.3 Å². The molecular weight excluding hydrogens is 351 g/mol. The van der Waals surface area contributed by atoms with Crippen LogP contribution in [0.5, 0.6) is 0 Å². The highest BCUT2D eigenvalue weighted by atomic mass is 31.2. The molecule has 14 nitrogen and oxygen atoms in total. The first-order valence-electron chi connectivity index (χ1n) is 6.43. The summed E-state index contributed by atoms with van der Waals surface area (Å²) >= 11 is 0. The molecule has 6 N–H and O–H groups in total. The predicted molar refractivity (Wildman–Crippen MR) is 78.3 cm³/mol. The maximum Gasteiger partial charge on any atom is 0.426 e. The molecule has 138 valence electrons. The lowest BCUT2D eigenvalue weighted by molar-refractivity contribution is 0.110. The van der Waals surface area contributed by atoms with Gasteiger partial charge in [-0.15, -0.1) is 0 Å². The molecule has 0 spiro atoms. The van der Waals surface area contributed by atoms with E-state index in [4.69, 9.17) is 0 Å². The summed E-state index contributed by atoms with van der Waals surface area (Å²) < 4.78 is 21.4. The van der Waals surface area contributed by atoms with Crippen molar-refractivity contribution in [3.8, 4) is 0 Å². The molecule has 0 saturated carbocycles. The summed E-state index contributed by atoms with van der Waals surface area (Å²) in [4.78, 5) is 49.6. The fraction of sp³-hybridized carbons (Fsp3) is 0.556. The second-order valence-corrected chi connectivity index (χ2v) is 5.49. The van der Waals surface area contributed by atoms with Gasteiger partial charge < -0.3 is 9.47 Å². The molecule has 0 aromatic heterocycles. The topological polar surface area (TPSA) is 185 Å². The highest BCUT2D eigenvalue weighted by molar-refractivity contribution is 7.59. The Bertz CT molecular complexity index is 490. The van der Waals surface area contributed by atoms with Crippen LogP contribution in [0.4, 0.5) is 19.2 Å². The number of carbonyl (C=O) groups excluding carboxylic acids is 4. The smallest absolute Gasteiger partial charge is 0.426 e. The molecule has 15 heteroatoms. The minimum absolute atomic E-state index is 0.0489. The summed E-state index contributed by atoms with van der Waals surface area (Å²) in [6.07, 6.45) is -2.15. The van der Waals surface area contributed by atoms with Crippen molar-refractivity contribution in [3.63, 3.8) is 0 Å². The molecule has 0 aliphatic carbocycles. The molecule has 0 rings (SSSR count). The molecule has 0 aromatic carbocycles. The van der Waals surface area contributed by atoms with Crippen molar-refractivity contribution >= 4 is 31.8 Å². The maximum absolute atomic E-state index is 12.4. The second-order valence-electron chi connectivity index (χ2n) is 3.60. The fourth-order valence-electron chi connectivity index (χ4n) is 1.08. The van der Waals surface area contributed by atoms with Gasteiger partial charge in [0.25, 0.3) is 0 Å². The Labute approximate surface area is 136 Å². The quantitative estimate of drug-likeness (QED) is 0.271. The number of carbonyl (C=O) groups is 4. The lowest BCUT2D eigenvalue weighted by Gasteiger charge is -2.20. The van der Waals surface area contributed by atoms with E-state index in [9.17, 15) is 23.7 Å². The van der Waals surface area contributed by atoms with Crippen LogP contribution in [0.1, 0.15) is 13.8 Å². The van der Waals surface area contributed by atoms with Crippen LogP contribution in [0.2, 0.25) is 0 Å². The minimum atomic E-state index is -4.34. The van der Waals surface area contributed by atoms with Gasteiger partial charge in [-0.3, -0.25) is 15.0 Å². The summed E-state index contributed by atoms with van der Waals surface area (Å²) in [7, 11) is -3.24. The zero-order valence-electron chi connectivity index (χ0n) is 13.1. The number of hydrazine groups is 1. The van der Waals surface area contributed by atoms with E-state index in [1.165, 1.54) is 13.8 Å². The normalized spacial score (nSPS) is 12.0. The van der Waals surface area contributed by atoms with E-state index in [-0.39, 0.29) is 13.2 Å². The zero-order valence-corrected chi connectivity index (χ0v) is 14.0. The Balaban J connectivity index is 4.82. The lowest BCUT2D eigenvalue weighted by Crippen LogP contribution is -2.50. The summed E-state index contributed by atoms with van der Waals surface area (Å²) in [6, 6.07) is -2.35. The maximum atomic E-state index is 12.4. The largest absolute Gasteiger partial charge is 0.450 e. The fourth-order valence-corrected chi connectivity index (χ4v) is 2.24. The molecule has 0 radical (unpaired) electrons. The molecule has 0 aliphatic heterocycles. The van der Waals surface area contributed by atoms with E-state index < -0.39 is 31.8 Å². The van der Waals surface area contributed by atoms with Crippen molar-refractivity contribution in [2.24, 2.45) is 0 Å². The second kappa shape index (κ2) is 10.9. The van der Waals surface area contributed by atoms with Crippen LogP contribution >= 0.6 is 7.59 Å². The van der Waals surface area contributed by atoms with Crippen molar-refractivity contribution in [2.75, 3.05) is 20.3 Å². The number of nitrogens with one attached hydrogen (secondary N) is 6. The van der Waals surface area contributed by atoms with Gasteiger partial charge in [0, 0.05) is 0 Å². The number of amides is 6. The van der Waals surface area contributed by atoms with Gasteiger partial charge in [-0.25, -0.2) is 45.2 Å². The third kappa shape index (κ3) is 9.32. The van der Waals surface area contributed by atoms with Crippen LogP contribution in [0.25, 0.3) is 0 Å². The highest BCUT2D eigenvalue weighted by Crippen LogP contribution is 2.30. The minimum Gasteiger partial charge on any atom is -0.450 e. The standard InChI is InChI=1S/C9H19N6O8P/c1-4-22-8(18)11-10-6(16)13-24(20,14-7(17)12-21-3)15-9(19)23-5-2/h4-5H2,1-3H3,(H,11,18)(H5,10,12,13,14,15,16,17,19,20)/t24-/m0/s1. The number of hydroxylamine groups is 1. The number of hydrogen-bond acceptors (Lipinski definition) is 8. The first kappa shape index (κ1) is 21.3. The van der Waals surface area contributed by atoms with E-state index in [1.54, 1.807) is 26.2 Å². The molecule has 0 fully saturated rings. The van der Waals surface area contributed by atoms with Crippen LogP contribution in [0.15, 0.2) is 0 Å². The molecule has 0 aromatic rings. The molecule has 6 amide bonds. The van der Waals surface area contributed by atoms with Gasteiger partial charge in [-0.1, -0.05) is 0 Å². The summed E-state index contributed by atoms with van der Waals surface area (Å²) in [5.74, 6) is 0. The van der Waals surface area contributed by atoms with Crippen LogP contribution in [0, 0.1) is 0 Å². The number of rotatable bonds is 6. The molecule has 24 heavy (non-hydrogen) atoms. The third-order valence-corrected chi connectivity index (χ3v) is 3.32. The Morgan fingerprint density at radius 1 is 0.833 bits per heavy atom. The van der Waals surface area contributed by atoms with Crippen molar-refractivity contribution in [1.82, 2.24) is 31.6 Å². The molecule has 0 unspecified atom stereocenters. The Hall–Kier alpha value is -2.73. The van der Waals surface area contributed by atoms with E-state index >= 15 is 0 Å². The van der Waals surface area contributed by atoms with Gasteiger partial charge in [0.15, 0.2) is 0 Å². The molecule has 1 atom stereocenters. The lowest BCUT2D eigenvalue weighted by atomic mass is 10.9. The third-order valence-electron chi connectivity index (χ3n) is 1.79. The average Bonchev–Trinajstić information content (AvgIpc) is 2.45. The highest BCUT2D eigenvalue weighted by Gasteiger charge is 2.30. The molecule has 0 aliphatic rings. The first-order valence-corrected chi connectivity index (χ1v) is 8.14. The van der Waals surface area contributed by atoms with Gasteiger partial charge in [0.2, 0.25) is 0 Å². The van der Waals surface area contributed by atoms with E-state index in [0.29, 0.717) is 0 Å². The summed E-state index contributed by atoms with van der Waals surface area (Å²) in [5.41, 5.74) is 5.38. The van der Waals surface area contributed by atoms with Crippen molar-refractivity contribution < 1.29 is 38.1 Å². The van der Waals surface area contributed by atoms with Crippen molar-refractivity contribution in [2.45, 2.75) is 13.8 Å². The number of hydrogen-bond donors (Lipinski definition) is 6. The van der Waals surface area contributed by atoms with Gasteiger partial charge in [-0.2, -0.15) is 0 Å². The zero-order chi connectivity index (χ0) is 18.6. The van der Waals surface area contributed by atoms with E-state index in [0.717, 1.165) is 7.11 Å². The van der Waals surface area contributed by atoms with Crippen LogP contribution in [-0.4, -0.2) is 44.6 Å². The van der Waals surface area contributed by atoms with Gasteiger partial charge >= 0.3 is 31.8 Å². The van der Waals surface area contributed by atoms with Gasteiger partial charge in [0.05, 0.1) is 20.3 Å². The van der Waals surface area contributed by atoms with E-state index in [1.807, 2.05) is 5.43 Å². The first-order chi connectivity index (χ1) is 11.3. The Kier molecular flexibility index (Phi) is 9.67. The Morgan fingerprint density at radius 3 is 1.92 bits per heavy atom. The Morgan fingerprint density at radius 2 is 1.38 bits per heavy atom. The van der Waals surface area contributed by atoms with Crippen LogP contribution < -0.4 is 31.6 Å². The molecular formula is C9H19N6O8P. The van der Waals surface area contributed by atoms with Gasteiger partial charge in [0.1, 0.15) is 0 Å². The number of ether oxygens (including phenoxy) is 2. The van der Waals surface area contributed by atoms with Crippen molar-refractivity contribution in [1.29, 1.82) is 0 Å². The molecule has 0 saturated heterocycles. The van der Waals surface area contributed by atoms with Crippen molar-refractivity contribution in [3.05, 3.63) is 0 Å². The monoisotopic (exact) mass is 370 g/mol. The van der Waals surface area contributed by atoms with Gasteiger partial charge in [-0.05, 0) is 13.8 Å². The summed E-state index contributed by atoms with van der Waals surface area (Å²) in [6.45, 7) is 3.03. The SMILES string of the molecule is CCOC(=O)NNC(=O)N[P@](=O)(NC(=O)NOC)NC(=O)OCC. The number of urea groups is 2. The van der Waals surface area contributed by atoms with Crippen LogP contribution in [0.3, 0.4) is 0 Å². The van der Waals surface area contributed by atoms with Crippen LogP contribution in [-0.2, 0) is 18.9 Å². The predicted octanol–water partition coefficient (Wildman–Crippen LogP) is -0.339. The summed E-state index contributed by atoms with van der Waals surface area (Å²) in [5, 5.41) is 5.32. The molecule has 0 heterocycles. The average molecular weight is 370 g/mol. The molecule has 0 bridgehead atoms.